The van der Waals surface area contributed by atoms with Crippen molar-refractivity contribution in [1.29, 1.82) is 0 Å². The van der Waals surface area contributed by atoms with Gasteiger partial charge in [-0.2, -0.15) is 0 Å². The highest BCUT2D eigenvalue weighted by Crippen LogP contribution is 2.32. The van der Waals surface area contributed by atoms with Crippen molar-refractivity contribution in [2.24, 2.45) is 5.92 Å². The highest BCUT2D eigenvalue weighted by atomic mass is 16.5. The molecule has 1 fully saturated rings. The molecule has 4 rings (SSSR count). The summed E-state index contributed by atoms with van der Waals surface area (Å²) in [6, 6.07) is 14.8. The summed E-state index contributed by atoms with van der Waals surface area (Å²) in [5.74, 6) is 0.765. The maximum absolute atomic E-state index is 12.5. The number of carbonyl (C=O) groups excluding carboxylic acids is 1. The molecule has 1 amide bonds. The first-order chi connectivity index (χ1) is 15.1. The Balaban J connectivity index is 1.49. The molecule has 1 unspecified atom stereocenters. The van der Waals surface area contributed by atoms with Crippen molar-refractivity contribution in [3.63, 3.8) is 0 Å². The molecule has 2 aromatic carbocycles. The predicted molar refractivity (Wildman–Crippen MR) is 125 cm³/mol. The molecule has 0 aliphatic carbocycles. The Bertz CT molecular complexity index is 947. The van der Waals surface area contributed by atoms with Crippen LogP contribution in [0.25, 0.3) is 0 Å². The minimum Gasteiger partial charge on any atom is -0.381 e. The number of hydrogen-bond donors (Lipinski definition) is 3. The molecule has 1 atom stereocenters. The molecule has 1 saturated heterocycles. The second kappa shape index (κ2) is 10.0. The summed E-state index contributed by atoms with van der Waals surface area (Å²) in [7, 11) is 0. The third-order valence-corrected chi connectivity index (χ3v) is 6.52. The van der Waals surface area contributed by atoms with E-state index < -0.39 is 0 Å². The quantitative estimate of drug-likeness (QED) is 0.623. The first-order valence-corrected chi connectivity index (χ1v) is 11.3. The van der Waals surface area contributed by atoms with Crippen molar-refractivity contribution in [2.45, 2.75) is 45.4 Å². The molecule has 5 nitrogen and oxygen atoms in total. The number of allylic oxidation sites excluding steroid dienone is 1. The van der Waals surface area contributed by atoms with Gasteiger partial charge in [0.1, 0.15) is 0 Å². The summed E-state index contributed by atoms with van der Waals surface area (Å²) in [6.07, 6.45) is 5.48. The van der Waals surface area contributed by atoms with E-state index >= 15 is 0 Å². The molecule has 0 saturated carbocycles. The fourth-order valence-electron chi connectivity index (χ4n) is 4.56. The van der Waals surface area contributed by atoms with Gasteiger partial charge in [0, 0.05) is 43.1 Å². The number of rotatable bonds is 7. The van der Waals surface area contributed by atoms with E-state index in [1.807, 2.05) is 12.1 Å². The van der Waals surface area contributed by atoms with Crippen molar-refractivity contribution in [1.82, 2.24) is 10.6 Å². The Kier molecular flexibility index (Phi) is 6.92. The number of ether oxygens (including phenoxy) is 1. The SMILES string of the molecule is Cc1cccc(C(Cc2cccc(NC(=O)CC3CCOCC3)c2)C2=CNCN2)c1C. The fraction of sp³-hybridized carbons (Fsp3) is 0.423. The second-order valence-corrected chi connectivity index (χ2v) is 8.71. The van der Waals surface area contributed by atoms with E-state index in [2.05, 4.69) is 66.3 Å². The number of aryl methyl sites for hydroxylation is 1. The van der Waals surface area contributed by atoms with Crippen molar-refractivity contribution in [3.8, 4) is 0 Å². The second-order valence-electron chi connectivity index (χ2n) is 8.71. The lowest BCUT2D eigenvalue weighted by molar-refractivity contribution is -0.117. The zero-order valence-electron chi connectivity index (χ0n) is 18.5. The Labute approximate surface area is 185 Å². The van der Waals surface area contributed by atoms with Crippen LogP contribution < -0.4 is 16.0 Å². The molecule has 2 aliphatic rings. The van der Waals surface area contributed by atoms with Crippen molar-refractivity contribution in [2.75, 3.05) is 25.2 Å². The van der Waals surface area contributed by atoms with Gasteiger partial charge in [-0.25, -0.2) is 0 Å². The van der Waals surface area contributed by atoms with Crippen LogP contribution in [0.3, 0.4) is 0 Å². The lowest BCUT2D eigenvalue weighted by atomic mass is 9.85. The molecular weight excluding hydrogens is 386 g/mol. The predicted octanol–water partition coefficient (Wildman–Crippen LogP) is 4.38. The van der Waals surface area contributed by atoms with E-state index in [0.717, 1.165) is 44.8 Å². The van der Waals surface area contributed by atoms with E-state index in [1.165, 1.54) is 28.0 Å². The summed E-state index contributed by atoms with van der Waals surface area (Å²) in [5.41, 5.74) is 7.29. The summed E-state index contributed by atoms with van der Waals surface area (Å²) in [5, 5.41) is 9.87. The van der Waals surface area contributed by atoms with E-state index in [1.54, 1.807) is 0 Å². The van der Waals surface area contributed by atoms with Crippen LogP contribution in [0.4, 0.5) is 5.69 Å². The molecule has 0 spiro atoms. The number of benzene rings is 2. The lowest BCUT2D eigenvalue weighted by Gasteiger charge is -2.23. The normalized spacial score (nSPS) is 17.4. The van der Waals surface area contributed by atoms with Gasteiger partial charge < -0.3 is 20.7 Å². The van der Waals surface area contributed by atoms with E-state index in [4.69, 9.17) is 4.74 Å². The monoisotopic (exact) mass is 419 g/mol. The van der Waals surface area contributed by atoms with Gasteiger partial charge in [-0.3, -0.25) is 4.79 Å². The van der Waals surface area contributed by atoms with Gasteiger partial charge in [-0.15, -0.1) is 0 Å². The van der Waals surface area contributed by atoms with Crippen LogP contribution in [0.5, 0.6) is 0 Å². The van der Waals surface area contributed by atoms with Crippen LogP contribution in [-0.4, -0.2) is 25.8 Å². The molecule has 0 aromatic heterocycles. The zero-order chi connectivity index (χ0) is 21.6. The van der Waals surface area contributed by atoms with Gasteiger partial charge in [0.25, 0.3) is 0 Å². The first-order valence-electron chi connectivity index (χ1n) is 11.3. The van der Waals surface area contributed by atoms with Gasteiger partial charge in [0.15, 0.2) is 0 Å². The summed E-state index contributed by atoms with van der Waals surface area (Å²) >= 11 is 0. The summed E-state index contributed by atoms with van der Waals surface area (Å²) in [6.45, 7) is 6.67. The molecule has 3 N–H and O–H groups in total. The van der Waals surface area contributed by atoms with Crippen LogP contribution >= 0.6 is 0 Å². The van der Waals surface area contributed by atoms with Gasteiger partial charge in [-0.1, -0.05) is 30.3 Å². The largest absolute Gasteiger partial charge is 0.381 e. The summed E-state index contributed by atoms with van der Waals surface area (Å²) in [4.78, 5) is 12.5. The van der Waals surface area contributed by atoms with Crippen LogP contribution in [-0.2, 0) is 16.0 Å². The minimum atomic E-state index is 0.0968. The zero-order valence-corrected chi connectivity index (χ0v) is 18.5. The number of hydrogen-bond acceptors (Lipinski definition) is 4. The van der Waals surface area contributed by atoms with Crippen LogP contribution in [0.2, 0.25) is 0 Å². The number of amides is 1. The maximum atomic E-state index is 12.5. The molecule has 31 heavy (non-hydrogen) atoms. The lowest BCUT2D eigenvalue weighted by Crippen LogP contribution is -2.22. The minimum absolute atomic E-state index is 0.0968. The van der Waals surface area contributed by atoms with Crippen molar-refractivity contribution < 1.29 is 9.53 Å². The van der Waals surface area contributed by atoms with E-state index in [9.17, 15) is 4.79 Å². The Morgan fingerprint density at radius 3 is 2.74 bits per heavy atom. The average Bonchev–Trinajstić information content (AvgIpc) is 3.30. The number of anilines is 1. The first kappa shape index (κ1) is 21.4. The smallest absolute Gasteiger partial charge is 0.224 e. The summed E-state index contributed by atoms with van der Waals surface area (Å²) < 4.78 is 5.40. The molecule has 5 heteroatoms. The maximum Gasteiger partial charge on any atom is 0.224 e. The third kappa shape index (κ3) is 5.47. The fourth-order valence-corrected chi connectivity index (χ4v) is 4.56. The molecule has 0 bridgehead atoms. The van der Waals surface area contributed by atoms with Gasteiger partial charge >= 0.3 is 0 Å². The van der Waals surface area contributed by atoms with Crippen LogP contribution in [0, 0.1) is 19.8 Å². The van der Waals surface area contributed by atoms with Gasteiger partial charge in [0.05, 0.1) is 6.67 Å². The van der Waals surface area contributed by atoms with Crippen LogP contribution in [0.15, 0.2) is 54.4 Å². The number of carbonyl (C=O) groups is 1. The third-order valence-electron chi connectivity index (χ3n) is 6.52. The van der Waals surface area contributed by atoms with Crippen LogP contribution in [0.1, 0.15) is 47.4 Å². The highest BCUT2D eigenvalue weighted by molar-refractivity contribution is 5.90. The average molecular weight is 420 g/mol. The van der Waals surface area contributed by atoms with Gasteiger partial charge in [0.2, 0.25) is 5.91 Å². The Hall–Kier alpha value is -2.79. The van der Waals surface area contributed by atoms with Crippen molar-refractivity contribution in [3.05, 3.63) is 76.6 Å². The molecular formula is C26H33N3O2. The molecule has 2 heterocycles. The van der Waals surface area contributed by atoms with E-state index in [-0.39, 0.29) is 11.8 Å². The molecule has 2 aromatic rings. The molecule has 0 radical (unpaired) electrons. The topological polar surface area (TPSA) is 62.4 Å². The number of nitrogens with one attached hydrogen (secondary N) is 3. The van der Waals surface area contributed by atoms with Gasteiger partial charge in [-0.05, 0) is 73.4 Å². The van der Waals surface area contributed by atoms with Crippen molar-refractivity contribution >= 4 is 11.6 Å². The Morgan fingerprint density at radius 2 is 1.97 bits per heavy atom. The van der Waals surface area contributed by atoms with E-state index in [0.29, 0.717) is 12.3 Å². The highest BCUT2D eigenvalue weighted by Gasteiger charge is 2.22. The Morgan fingerprint density at radius 1 is 1.16 bits per heavy atom. The standard InChI is InChI=1S/C26H33N3O2/c1-18-5-3-8-23(19(18)2)24(25-16-27-17-28-25)14-21-6-4-7-22(13-21)29-26(30)15-20-9-11-31-12-10-20/h3-8,13,16,20,24,27-28H,9-12,14-15,17H2,1-2H3,(H,29,30). The molecule has 164 valence electrons. The molecule has 2 aliphatic heterocycles.